The van der Waals surface area contributed by atoms with E-state index in [0.717, 1.165) is 43.6 Å². The molecule has 3 aromatic rings. The fourth-order valence-electron chi connectivity index (χ4n) is 4.32. The van der Waals surface area contributed by atoms with Crippen molar-refractivity contribution < 1.29 is 14.3 Å². The van der Waals surface area contributed by atoms with E-state index in [0.29, 0.717) is 36.6 Å². The lowest BCUT2D eigenvalue weighted by Gasteiger charge is -2.17. The van der Waals surface area contributed by atoms with Crippen molar-refractivity contribution in [1.29, 1.82) is 0 Å². The Hall–Kier alpha value is -3.71. The number of ether oxygens (including phenoxy) is 2. The van der Waals surface area contributed by atoms with Gasteiger partial charge in [0.15, 0.2) is 0 Å². The van der Waals surface area contributed by atoms with Gasteiger partial charge in [0.05, 0.1) is 13.7 Å². The number of methoxy groups -OCH3 is 1. The van der Waals surface area contributed by atoms with Crippen molar-refractivity contribution in [2.45, 2.75) is 25.8 Å². The molecule has 0 aliphatic carbocycles. The molecule has 4 rings (SSSR count). The van der Waals surface area contributed by atoms with Gasteiger partial charge in [0.2, 0.25) is 0 Å². The highest BCUT2D eigenvalue weighted by atomic mass is 16.5. The van der Waals surface area contributed by atoms with Gasteiger partial charge >= 0.3 is 5.97 Å². The molecule has 1 aliphatic heterocycles. The van der Waals surface area contributed by atoms with E-state index < -0.39 is 5.97 Å². The first-order valence-corrected chi connectivity index (χ1v) is 12.0. The Kier molecular flexibility index (Phi) is 8.46. The molecule has 0 atom stereocenters. The van der Waals surface area contributed by atoms with E-state index in [-0.39, 0.29) is 5.56 Å². The third kappa shape index (κ3) is 6.45. The average Bonchev–Trinajstić information content (AvgIpc) is 3.11. The maximum Gasteiger partial charge on any atom is 0.343 e. The van der Waals surface area contributed by atoms with Gasteiger partial charge < -0.3 is 14.0 Å². The Morgan fingerprint density at radius 1 is 1.11 bits per heavy atom. The molecule has 1 aromatic carbocycles. The second kappa shape index (κ2) is 12.1. The number of hydrogen-bond donors (Lipinski definition) is 0. The van der Waals surface area contributed by atoms with Gasteiger partial charge in [0, 0.05) is 56.8 Å². The number of rotatable bonds is 9. The average molecular weight is 474 g/mol. The van der Waals surface area contributed by atoms with Crippen LogP contribution in [0.1, 0.15) is 33.6 Å². The SMILES string of the molecule is COC(=O)c1c(OCCCc2cccnc2)cc(=O)n2c1CCN(CC=Cc1ccccc1)CC2. The summed E-state index contributed by atoms with van der Waals surface area (Å²) in [6, 6.07) is 15.5. The number of aromatic nitrogens is 2. The second-order valence-corrected chi connectivity index (χ2v) is 8.49. The lowest BCUT2D eigenvalue weighted by atomic mass is 10.1. The highest BCUT2D eigenvalue weighted by Gasteiger charge is 2.25. The molecule has 0 unspecified atom stereocenters. The van der Waals surface area contributed by atoms with Gasteiger partial charge in [-0.05, 0) is 30.0 Å². The standard InChI is InChI=1S/C28H31N3O4/c1-34-28(33)27-24-13-16-30(15-6-11-22-8-3-2-4-9-22)17-18-31(24)26(32)20-25(27)35-19-7-12-23-10-5-14-29-21-23/h2-6,8-11,14,20-21H,7,12-13,15-19H2,1H3. The zero-order valence-electron chi connectivity index (χ0n) is 20.1. The maximum atomic E-state index is 13.0. The number of carbonyl (C=O) groups is 1. The van der Waals surface area contributed by atoms with Crippen LogP contribution >= 0.6 is 0 Å². The zero-order chi connectivity index (χ0) is 24.5. The summed E-state index contributed by atoms with van der Waals surface area (Å²) in [5.41, 5.74) is 3.15. The van der Waals surface area contributed by atoms with Crippen LogP contribution < -0.4 is 10.3 Å². The number of aryl methyl sites for hydroxylation is 1. The van der Waals surface area contributed by atoms with Gasteiger partial charge in [-0.15, -0.1) is 0 Å². The van der Waals surface area contributed by atoms with Gasteiger partial charge in [-0.1, -0.05) is 48.6 Å². The van der Waals surface area contributed by atoms with Crippen LogP contribution in [0.15, 0.2) is 71.8 Å². The Morgan fingerprint density at radius 3 is 2.74 bits per heavy atom. The number of hydrogen-bond acceptors (Lipinski definition) is 6. The molecule has 35 heavy (non-hydrogen) atoms. The molecule has 0 amide bonds. The topological polar surface area (TPSA) is 73.7 Å². The number of fused-ring (bicyclic) bond motifs is 1. The number of carbonyl (C=O) groups excluding carboxylic acids is 1. The first-order valence-electron chi connectivity index (χ1n) is 12.0. The summed E-state index contributed by atoms with van der Waals surface area (Å²) >= 11 is 0. The van der Waals surface area contributed by atoms with Crippen LogP contribution in [0.25, 0.3) is 6.08 Å². The molecule has 7 nitrogen and oxygen atoms in total. The molecule has 0 fully saturated rings. The minimum absolute atomic E-state index is 0.156. The van der Waals surface area contributed by atoms with Crippen LogP contribution in [0, 0.1) is 0 Å². The van der Waals surface area contributed by atoms with Crippen LogP contribution in [-0.2, 0) is 24.1 Å². The minimum atomic E-state index is -0.478. The lowest BCUT2D eigenvalue weighted by Crippen LogP contribution is -2.29. The Balaban J connectivity index is 1.46. The summed E-state index contributed by atoms with van der Waals surface area (Å²) in [7, 11) is 1.36. The van der Waals surface area contributed by atoms with Gasteiger partial charge in [-0.3, -0.25) is 14.7 Å². The largest absolute Gasteiger partial charge is 0.492 e. The Bertz CT molecular complexity index is 1210. The molecular formula is C28H31N3O4. The lowest BCUT2D eigenvalue weighted by molar-refractivity contribution is 0.0593. The fourth-order valence-corrected chi connectivity index (χ4v) is 4.32. The number of esters is 1. The monoisotopic (exact) mass is 473 g/mol. The number of nitrogens with zero attached hydrogens (tertiary/aromatic N) is 3. The molecule has 7 heteroatoms. The van der Waals surface area contributed by atoms with Crippen LogP contribution in [0.2, 0.25) is 0 Å². The van der Waals surface area contributed by atoms with Crippen molar-refractivity contribution in [3.05, 3.63) is 99.7 Å². The molecule has 3 heterocycles. The highest BCUT2D eigenvalue weighted by Crippen LogP contribution is 2.24. The quantitative estimate of drug-likeness (QED) is 0.349. The van der Waals surface area contributed by atoms with Gasteiger partial charge in [-0.25, -0.2) is 4.79 Å². The predicted molar refractivity (Wildman–Crippen MR) is 136 cm³/mol. The number of pyridine rings is 2. The zero-order valence-corrected chi connectivity index (χ0v) is 20.1. The Morgan fingerprint density at radius 2 is 1.97 bits per heavy atom. The maximum absolute atomic E-state index is 13.0. The van der Waals surface area contributed by atoms with Gasteiger partial charge in [-0.2, -0.15) is 0 Å². The summed E-state index contributed by atoms with van der Waals surface area (Å²) in [6.45, 7) is 3.12. The van der Waals surface area contributed by atoms with E-state index in [1.807, 2.05) is 36.5 Å². The van der Waals surface area contributed by atoms with Crippen molar-refractivity contribution in [2.75, 3.05) is 33.4 Å². The first kappa shape index (κ1) is 24.4. The molecule has 2 aromatic heterocycles. The Labute approximate surface area is 205 Å². The molecule has 1 aliphatic rings. The second-order valence-electron chi connectivity index (χ2n) is 8.49. The van der Waals surface area contributed by atoms with Gasteiger partial charge in [0.25, 0.3) is 5.56 Å². The summed E-state index contributed by atoms with van der Waals surface area (Å²) in [5.74, 6) is -0.176. The molecule has 182 valence electrons. The normalized spacial score (nSPS) is 13.9. The molecule has 0 N–H and O–H groups in total. The van der Waals surface area contributed by atoms with Crippen LogP contribution in [0.4, 0.5) is 0 Å². The van der Waals surface area contributed by atoms with Crippen molar-refractivity contribution in [3.63, 3.8) is 0 Å². The van der Waals surface area contributed by atoms with Gasteiger partial charge in [0.1, 0.15) is 11.3 Å². The first-order chi connectivity index (χ1) is 17.2. The van der Waals surface area contributed by atoms with Crippen LogP contribution in [-0.4, -0.2) is 53.8 Å². The highest BCUT2D eigenvalue weighted by molar-refractivity contribution is 5.93. The third-order valence-electron chi connectivity index (χ3n) is 6.14. The van der Waals surface area contributed by atoms with Crippen LogP contribution in [0.5, 0.6) is 5.75 Å². The molecule has 0 spiro atoms. The fraction of sp³-hybridized carbons (Fsp3) is 0.321. The molecule has 0 saturated heterocycles. The summed E-state index contributed by atoms with van der Waals surface area (Å²) < 4.78 is 12.7. The molecular weight excluding hydrogens is 442 g/mol. The smallest absolute Gasteiger partial charge is 0.343 e. The summed E-state index contributed by atoms with van der Waals surface area (Å²) in [6.07, 6.45) is 9.91. The summed E-state index contributed by atoms with van der Waals surface area (Å²) in [5, 5.41) is 0. The third-order valence-corrected chi connectivity index (χ3v) is 6.14. The van der Waals surface area contributed by atoms with E-state index in [9.17, 15) is 9.59 Å². The molecule has 0 saturated carbocycles. The van der Waals surface area contributed by atoms with Crippen molar-refractivity contribution in [2.24, 2.45) is 0 Å². The minimum Gasteiger partial charge on any atom is -0.492 e. The van der Waals surface area contributed by atoms with Crippen molar-refractivity contribution >= 4 is 12.0 Å². The predicted octanol–water partition coefficient (Wildman–Crippen LogP) is 3.61. The van der Waals surface area contributed by atoms with E-state index in [1.165, 1.54) is 13.2 Å². The van der Waals surface area contributed by atoms with Crippen LogP contribution in [0.3, 0.4) is 0 Å². The van der Waals surface area contributed by atoms with E-state index >= 15 is 0 Å². The van der Waals surface area contributed by atoms with E-state index in [2.05, 4.69) is 34.2 Å². The number of benzene rings is 1. The summed E-state index contributed by atoms with van der Waals surface area (Å²) in [4.78, 5) is 32.1. The molecule has 0 radical (unpaired) electrons. The van der Waals surface area contributed by atoms with Crippen molar-refractivity contribution in [3.8, 4) is 5.75 Å². The molecule has 0 bridgehead atoms. The van der Waals surface area contributed by atoms with E-state index in [4.69, 9.17) is 9.47 Å². The van der Waals surface area contributed by atoms with E-state index in [1.54, 1.807) is 10.8 Å². The van der Waals surface area contributed by atoms with Crippen molar-refractivity contribution in [1.82, 2.24) is 14.5 Å².